The van der Waals surface area contributed by atoms with Crippen molar-refractivity contribution in [1.29, 1.82) is 0 Å². The molecule has 0 aromatic heterocycles. The smallest absolute Gasteiger partial charge is 0.258 e. The first-order valence-electron chi connectivity index (χ1n) is 6.65. The summed E-state index contributed by atoms with van der Waals surface area (Å²) in [6.45, 7) is 2.92. The molecule has 2 aromatic rings. The number of rotatable bonds is 3. The third kappa shape index (κ3) is 3.98. The Hall–Kier alpha value is -2.60. The normalized spacial score (nSPS) is 10.3. The Kier molecular flexibility index (Phi) is 4.86. The lowest BCUT2D eigenvalue weighted by Crippen LogP contribution is -2.15. The van der Waals surface area contributed by atoms with Gasteiger partial charge >= 0.3 is 0 Å². The molecule has 0 aliphatic carbocycles. The highest BCUT2D eigenvalue weighted by molar-refractivity contribution is 6.31. The van der Waals surface area contributed by atoms with Crippen LogP contribution in [0.2, 0.25) is 5.02 Å². The zero-order valence-electron chi connectivity index (χ0n) is 12.4. The average molecular weight is 337 g/mol. The molecule has 5 nitrogen and oxygen atoms in total. The van der Waals surface area contributed by atoms with E-state index in [9.17, 15) is 19.1 Å². The molecule has 0 saturated heterocycles. The number of hydrogen-bond donors (Lipinski definition) is 3. The van der Waals surface area contributed by atoms with Crippen molar-refractivity contribution >= 4 is 34.8 Å². The Bertz CT molecular complexity index is 793. The molecule has 2 aromatic carbocycles. The topological polar surface area (TPSA) is 78.4 Å². The first kappa shape index (κ1) is 16.8. The summed E-state index contributed by atoms with van der Waals surface area (Å²) in [5.41, 5.74) is 0.563. The van der Waals surface area contributed by atoms with Crippen LogP contribution < -0.4 is 10.6 Å². The van der Waals surface area contributed by atoms with Gasteiger partial charge in [0.05, 0.1) is 11.3 Å². The molecule has 0 fully saturated rings. The molecule has 2 amide bonds. The summed E-state index contributed by atoms with van der Waals surface area (Å²) in [6.07, 6.45) is 0. The predicted molar refractivity (Wildman–Crippen MR) is 86.5 cm³/mol. The number of aryl methyl sites for hydroxylation is 1. The second kappa shape index (κ2) is 6.66. The van der Waals surface area contributed by atoms with Gasteiger partial charge in [0.1, 0.15) is 11.6 Å². The van der Waals surface area contributed by atoms with E-state index in [-0.39, 0.29) is 28.6 Å². The number of benzene rings is 2. The van der Waals surface area contributed by atoms with Crippen molar-refractivity contribution in [3.8, 4) is 5.75 Å². The van der Waals surface area contributed by atoms with Crippen LogP contribution in [-0.4, -0.2) is 16.9 Å². The fraction of sp³-hybridized carbons (Fsp3) is 0.125. The van der Waals surface area contributed by atoms with Crippen LogP contribution in [0.3, 0.4) is 0 Å². The van der Waals surface area contributed by atoms with Gasteiger partial charge in [-0.25, -0.2) is 4.39 Å². The minimum Gasteiger partial charge on any atom is -0.505 e. The third-order valence-electron chi connectivity index (χ3n) is 3.04. The van der Waals surface area contributed by atoms with E-state index in [4.69, 9.17) is 11.6 Å². The van der Waals surface area contributed by atoms with Crippen molar-refractivity contribution in [3.05, 3.63) is 52.3 Å². The lowest BCUT2D eigenvalue weighted by atomic mass is 10.1. The lowest BCUT2D eigenvalue weighted by molar-refractivity contribution is -0.114. The minimum atomic E-state index is -0.772. The van der Waals surface area contributed by atoms with E-state index in [0.717, 1.165) is 6.07 Å². The third-order valence-corrected chi connectivity index (χ3v) is 3.26. The molecule has 0 unspecified atom stereocenters. The van der Waals surface area contributed by atoms with Crippen LogP contribution in [0.5, 0.6) is 5.75 Å². The summed E-state index contributed by atoms with van der Waals surface area (Å²) in [4.78, 5) is 23.3. The Morgan fingerprint density at radius 1 is 1.17 bits per heavy atom. The van der Waals surface area contributed by atoms with Crippen LogP contribution in [0.1, 0.15) is 22.8 Å². The molecule has 0 bridgehead atoms. The standard InChI is InChI=1S/C16H14ClFN2O3/c1-8-5-10(17)6-14(15(8)22)20-16(23)12-7-11(19-9(2)21)3-4-13(12)18/h3-7,22H,1-2H3,(H,19,21)(H,20,23). The second-order valence-corrected chi connectivity index (χ2v) is 5.39. The van der Waals surface area contributed by atoms with Crippen molar-refractivity contribution < 1.29 is 19.1 Å². The highest BCUT2D eigenvalue weighted by Gasteiger charge is 2.16. The van der Waals surface area contributed by atoms with E-state index in [1.165, 1.54) is 31.2 Å². The summed E-state index contributed by atoms with van der Waals surface area (Å²) in [7, 11) is 0. The van der Waals surface area contributed by atoms with E-state index in [1.54, 1.807) is 6.92 Å². The largest absolute Gasteiger partial charge is 0.505 e. The molecular weight excluding hydrogens is 323 g/mol. The van der Waals surface area contributed by atoms with Gasteiger partial charge in [0.15, 0.2) is 0 Å². The molecular formula is C16H14ClFN2O3. The predicted octanol–water partition coefficient (Wildman–Crippen LogP) is 3.70. The molecule has 0 heterocycles. The number of amides is 2. The first-order chi connectivity index (χ1) is 10.8. The van der Waals surface area contributed by atoms with Gasteiger partial charge in [0, 0.05) is 17.6 Å². The summed E-state index contributed by atoms with van der Waals surface area (Å²) < 4.78 is 13.9. The maximum Gasteiger partial charge on any atom is 0.258 e. The van der Waals surface area contributed by atoms with Crippen LogP contribution in [0.4, 0.5) is 15.8 Å². The van der Waals surface area contributed by atoms with E-state index >= 15 is 0 Å². The molecule has 0 aliphatic rings. The van der Waals surface area contributed by atoms with Crippen LogP contribution in [-0.2, 0) is 4.79 Å². The second-order valence-electron chi connectivity index (χ2n) is 4.95. The number of aromatic hydroxyl groups is 1. The van der Waals surface area contributed by atoms with Gasteiger partial charge in [-0.15, -0.1) is 0 Å². The summed E-state index contributed by atoms with van der Waals surface area (Å²) in [6, 6.07) is 6.51. The molecule has 0 atom stereocenters. The van der Waals surface area contributed by atoms with Crippen molar-refractivity contribution in [2.75, 3.05) is 10.6 Å². The van der Waals surface area contributed by atoms with E-state index in [0.29, 0.717) is 10.6 Å². The molecule has 3 N–H and O–H groups in total. The van der Waals surface area contributed by atoms with Crippen molar-refractivity contribution in [3.63, 3.8) is 0 Å². The summed E-state index contributed by atoms with van der Waals surface area (Å²) in [5.74, 6) is -2.02. The van der Waals surface area contributed by atoms with Gasteiger partial charge in [-0.05, 0) is 42.8 Å². The van der Waals surface area contributed by atoms with Gasteiger partial charge in [-0.1, -0.05) is 11.6 Å². The highest BCUT2D eigenvalue weighted by Crippen LogP contribution is 2.31. The van der Waals surface area contributed by atoms with Crippen molar-refractivity contribution in [2.45, 2.75) is 13.8 Å². The molecule has 0 radical (unpaired) electrons. The van der Waals surface area contributed by atoms with Crippen molar-refractivity contribution in [1.82, 2.24) is 0 Å². The van der Waals surface area contributed by atoms with E-state index < -0.39 is 11.7 Å². The Morgan fingerprint density at radius 2 is 1.87 bits per heavy atom. The Morgan fingerprint density at radius 3 is 2.52 bits per heavy atom. The first-order valence-corrected chi connectivity index (χ1v) is 7.03. The summed E-state index contributed by atoms with van der Waals surface area (Å²) >= 11 is 5.88. The average Bonchev–Trinajstić information content (AvgIpc) is 2.45. The van der Waals surface area contributed by atoms with Gasteiger partial charge in [0.25, 0.3) is 5.91 Å². The fourth-order valence-corrected chi connectivity index (χ4v) is 2.27. The zero-order valence-corrected chi connectivity index (χ0v) is 13.2. The Labute approximate surface area is 137 Å². The monoisotopic (exact) mass is 336 g/mol. The number of hydrogen-bond acceptors (Lipinski definition) is 3. The molecule has 7 heteroatoms. The van der Waals surface area contributed by atoms with E-state index in [2.05, 4.69) is 10.6 Å². The number of anilines is 2. The van der Waals surface area contributed by atoms with Crippen LogP contribution in [0.15, 0.2) is 30.3 Å². The Balaban J connectivity index is 2.32. The number of phenolic OH excluding ortho intramolecular Hbond substituents is 1. The molecule has 0 aliphatic heterocycles. The van der Waals surface area contributed by atoms with E-state index in [1.807, 2.05) is 0 Å². The molecule has 0 spiro atoms. The molecule has 0 saturated carbocycles. The van der Waals surface area contributed by atoms with Crippen LogP contribution in [0.25, 0.3) is 0 Å². The van der Waals surface area contributed by atoms with Crippen LogP contribution in [0, 0.1) is 12.7 Å². The molecule has 120 valence electrons. The van der Waals surface area contributed by atoms with Crippen LogP contribution >= 0.6 is 11.6 Å². The number of nitrogens with one attached hydrogen (secondary N) is 2. The maximum atomic E-state index is 13.9. The minimum absolute atomic E-state index is 0.0735. The molecule has 23 heavy (non-hydrogen) atoms. The van der Waals surface area contributed by atoms with Gasteiger partial charge in [-0.2, -0.15) is 0 Å². The number of carbonyl (C=O) groups excluding carboxylic acids is 2. The zero-order chi connectivity index (χ0) is 17.1. The fourth-order valence-electron chi connectivity index (χ4n) is 2.00. The quantitative estimate of drug-likeness (QED) is 0.748. The summed E-state index contributed by atoms with van der Waals surface area (Å²) in [5, 5.41) is 15.1. The van der Waals surface area contributed by atoms with Crippen molar-refractivity contribution in [2.24, 2.45) is 0 Å². The van der Waals surface area contributed by atoms with Gasteiger partial charge in [-0.3, -0.25) is 9.59 Å². The number of halogens is 2. The van der Waals surface area contributed by atoms with Gasteiger partial charge < -0.3 is 15.7 Å². The number of carbonyl (C=O) groups is 2. The highest BCUT2D eigenvalue weighted by atomic mass is 35.5. The SMILES string of the molecule is CC(=O)Nc1ccc(F)c(C(=O)Nc2cc(Cl)cc(C)c2O)c1. The van der Waals surface area contributed by atoms with Gasteiger partial charge in [0.2, 0.25) is 5.91 Å². The molecule has 2 rings (SSSR count). The maximum absolute atomic E-state index is 13.9. The lowest BCUT2D eigenvalue weighted by Gasteiger charge is -2.11. The number of phenols is 1.